The highest BCUT2D eigenvalue weighted by atomic mass is 16.6. The number of pyridine rings is 1. The number of anilines is 1. The molecule has 1 aromatic carbocycles. The predicted octanol–water partition coefficient (Wildman–Crippen LogP) is 3.39. The molecule has 0 spiro atoms. The summed E-state index contributed by atoms with van der Waals surface area (Å²) in [7, 11) is 0. The molecule has 0 atom stereocenters. The van der Waals surface area contributed by atoms with Crippen LogP contribution in [0.5, 0.6) is 0 Å². The number of benzene rings is 1. The largest absolute Gasteiger partial charge is 0.478 e. The number of nitrogens with one attached hydrogen (secondary N) is 1. The van der Waals surface area contributed by atoms with Crippen molar-refractivity contribution in [2.75, 3.05) is 5.43 Å². The van der Waals surface area contributed by atoms with E-state index in [0.717, 1.165) is 6.20 Å². The maximum atomic E-state index is 11.0. The van der Waals surface area contributed by atoms with Gasteiger partial charge in [0.15, 0.2) is 0 Å². The van der Waals surface area contributed by atoms with Gasteiger partial charge < -0.3 is 9.52 Å². The smallest absolute Gasteiger partial charge is 0.335 e. The van der Waals surface area contributed by atoms with Gasteiger partial charge >= 0.3 is 5.97 Å². The standard InChI is InChI=1S/C17H12N4O5/c22-17(23)12-3-1-2-11(8-12)15-6-5-14(26-15)10-19-20-16-7-4-13(9-18-16)21(24)25/h1-10H,(H,18,20)(H,22,23)/b19-10+. The first-order valence-electron chi connectivity index (χ1n) is 7.36. The topological polar surface area (TPSA) is 131 Å². The summed E-state index contributed by atoms with van der Waals surface area (Å²) < 4.78 is 5.60. The molecule has 0 saturated carbocycles. The van der Waals surface area contributed by atoms with Crippen LogP contribution in [-0.4, -0.2) is 27.2 Å². The number of carboxylic acids is 1. The molecule has 9 heteroatoms. The second-order valence-electron chi connectivity index (χ2n) is 5.12. The fourth-order valence-electron chi connectivity index (χ4n) is 2.11. The third kappa shape index (κ3) is 3.90. The Morgan fingerprint density at radius 2 is 2.12 bits per heavy atom. The first kappa shape index (κ1) is 16.8. The van der Waals surface area contributed by atoms with E-state index in [1.165, 1.54) is 30.5 Å². The summed E-state index contributed by atoms with van der Waals surface area (Å²) in [6.07, 6.45) is 2.53. The number of nitrogens with zero attached hydrogens (tertiary/aromatic N) is 3. The molecule has 26 heavy (non-hydrogen) atoms. The minimum atomic E-state index is -1.01. The van der Waals surface area contributed by atoms with Gasteiger partial charge in [-0.15, -0.1) is 0 Å². The Bertz CT molecular complexity index is 979. The Morgan fingerprint density at radius 1 is 1.27 bits per heavy atom. The van der Waals surface area contributed by atoms with Crippen molar-refractivity contribution in [2.45, 2.75) is 0 Å². The van der Waals surface area contributed by atoms with Crippen molar-refractivity contribution in [1.29, 1.82) is 0 Å². The van der Waals surface area contributed by atoms with Crippen molar-refractivity contribution >= 4 is 23.7 Å². The summed E-state index contributed by atoms with van der Waals surface area (Å²) in [5, 5.41) is 23.5. The van der Waals surface area contributed by atoms with E-state index in [-0.39, 0.29) is 11.3 Å². The first-order valence-corrected chi connectivity index (χ1v) is 7.36. The van der Waals surface area contributed by atoms with Crippen LogP contribution in [0.2, 0.25) is 0 Å². The Labute approximate surface area is 146 Å². The van der Waals surface area contributed by atoms with Crippen LogP contribution in [0.1, 0.15) is 16.1 Å². The quantitative estimate of drug-likeness (QED) is 0.395. The van der Waals surface area contributed by atoms with Crippen molar-refractivity contribution in [3.8, 4) is 11.3 Å². The van der Waals surface area contributed by atoms with Gasteiger partial charge in [0, 0.05) is 11.6 Å². The zero-order valence-electron chi connectivity index (χ0n) is 13.2. The fourth-order valence-corrected chi connectivity index (χ4v) is 2.11. The lowest BCUT2D eigenvalue weighted by atomic mass is 10.1. The number of hydrogen-bond donors (Lipinski definition) is 2. The third-order valence-electron chi connectivity index (χ3n) is 3.35. The second-order valence-corrected chi connectivity index (χ2v) is 5.12. The van der Waals surface area contributed by atoms with Crippen LogP contribution < -0.4 is 5.43 Å². The third-order valence-corrected chi connectivity index (χ3v) is 3.35. The maximum absolute atomic E-state index is 11.0. The van der Waals surface area contributed by atoms with Crippen LogP contribution in [0.3, 0.4) is 0 Å². The number of carbonyl (C=O) groups is 1. The summed E-state index contributed by atoms with van der Waals surface area (Å²) in [4.78, 5) is 24.9. The first-order chi connectivity index (χ1) is 12.5. The SMILES string of the molecule is O=C(O)c1cccc(-c2ccc(/C=N/Nc3ccc([N+](=O)[O-])cn3)o2)c1. The van der Waals surface area contributed by atoms with Gasteiger partial charge in [0.2, 0.25) is 0 Å². The van der Waals surface area contributed by atoms with Crippen LogP contribution in [0.4, 0.5) is 11.5 Å². The molecule has 0 amide bonds. The molecule has 0 aliphatic rings. The highest BCUT2D eigenvalue weighted by molar-refractivity contribution is 5.89. The Morgan fingerprint density at radius 3 is 2.81 bits per heavy atom. The van der Waals surface area contributed by atoms with Crippen molar-refractivity contribution in [2.24, 2.45) is 5.10 Å². The summed E-state index contributed by atoms with van der Waals surface area (Å²) >= 11 is 0. The molecule has 0 radical (unpaired) electrons. The van der Waals surface area contributed by atoms with Gasteiger partial charge in [-0.3, -0.25) is 15.5 Å². The van der Waals surface area contributed by atoms with E-state index in [1.54, 1.807) is 24.3 Å². The van der Waals surface area contributed by atoms with Crippen molar-refractivity contribution in [3.05, 3.63) is 76.2 Å². The molecule has 130 valence electrons. The molecule has 0 fully saturated rings. The molecule has 0 unspecified atom stereocenters. The van der Waals surface area contributed by atoms with Crippen molar-refractivity contribution < 1.29 is 19.2 Å². The lowest BCUT2D eigenvalue weighted by molar-refractivity contribution is -0.385. The fraction of sp³-hybridized carbons (Fsp3) is 0. The van der Waals surface area contributed by atoms with Crippen LogP contribution >= 0.6 is 0 Å². The Kier molecular flexibility index (Phi) is 4.70. The van der Waals surface area contributed by atoms with Gasteiger partial charge in [-0.25, -0.2) is 9.78 Å². The number of aromatic carboxylic acids is 1. The molecule has 0 aliphatic heterocycles. The van der Waals surface area contributed by atoms with Gasteiger partial charge in [-0.2, -0.15) is 5.10 Å². The maximum Gasteiger partial charge on any atom is 0.335 e. The molecule has 0 bridgehead atoms. The summed E-state index contributed by atoms with van der Waals surface area (Å²) in [6.45, 7) is 0. The molecule has 9 nitrogen and oxygen atoms in total. The molecular weight excluding hydrogens is 340 g/mol. The molecular formula is C17H12N4O5. The minimum absolute atomic E-state index is 0.112. The number of rotatable bonds is 6. The van der Waals surface area contributed by atoms with Crippen LogP contribution in [-0.2, 0) is 0 Å². The van der Waals surface area contributed by atoms with E-state index < -0.39 is 10.9 Å². The normalized spacial score (nSPS) is 10.8. The van der Waals surface area contributed by atoms with Crippen LogP contribution in [0.15, 0.2) is 64.2 Å². The van der Waals surface area contributed by atoms with E-state index >= 15 is 0 Å². The van der Waals surface area contributed by atoms with Crippen LogP contribution in [0, 0.1) is 10.1 Å². The zero-order valence-corrected chi connectivity index (χ0v) is 13.2. The van der Waals surface area contributed by atoms with Gasteiger partial charge in [-0.05, 0) is 30.3 Å². The number of aromatic nitrogens is 1. The number of hydrazone groups is 1. The van der Waals surface area contributed by atoms with Crippen LogP contribution in [0.25, 0.3) is 11.3 Å². The van der Waals surface area contributed by atoms with E-state index in [2.05, 4.69) is 15.5 Å². The average Bonchev–Trinajstić information content (AvgIpc) is 3.11. The summed E-state index contributed by atoms with van der Waals surface area (Å²) in [5.41, 5.74) is 3.32. The Balaban J connectivity index is 1.68. The zero-order chi connectivity index (χ0) is 18.5. The monoisotopic (exact) mass is 352 g/mol. The second kappa shape index (κ2) is 7.26. The number of furan rings is 1. The van der Waals surface area contributed by atoms with Gasteiger partial charge in [0.05, 0.1) is 16.7 Å². The summed E-state index contributed by atoms with van der Waals surface area (Å²) in [5.74, 6) is 0.269. The molecule has 2 heterocycles. The average molecular weight is 352 g/mol. The lowest BCUT2D eigenvalue weighted by Crippen LogP contribution is -1.95. The highest BCUT2D eigenvalue weighted by Crippen LogP contribution is 2.22. The Hall–Kier alpha value is -4.01. The van der Waals surface area contributed by atoms with E-state index in [9.17, 15) is 14.9 Å². The molecule has 0 saturated heterocycles. The number of nitro groups is 1. The van der Waals surface area contributed by atoms with Gasteiger partial charge in [0.1, 0.15) is 23.5 Å². The number of carboxylic acid groups (broad SMARTS) is 1. The molecule has 2 N–H and O–H groups in total. The highest BCUT2D eigenvalue weighted by Gasteiger charge is 2.08. The van der Waals surface area contributed by atoms with Gasteiger partial charge in [-0.1, -0.05) is 12.1 Å². The lowest BCUT2D eigenvalue weighted by Gasteiger charge is -1.99. The molecule has 3 aromatic rings. The summed E-state index contributed by atoms with van der Waals surface area (Å²) in [6, 6.07) is 12.5. The molecule has 3 rings (SSSR count). The van der Waals surface area contributed by atoms with E-state index in [4.69, 9.17) is 9.52 Å². The van der Waals surface area contributed by atoms with Crippen molar-refractivity contribution in [1.82, 2.24) is 4.98 Å². The molecule has 0 aliphatic carbocycles. The van der Waals surface area contributed by atoms with Gasteiger partial charge in [0.25, 0.3) is 5.69 Å². The minimum Gasteiger partial charge on any atom is -0.478 e. The van der Waals surface area contributed by atoms with E-state index in [0.29, 0.717) is 22.9 Å². The van der Waals surface area contributed by atoms with Crippen molar-refractivity contribution in [3.63, 3.8) is 0 Å². The van der Waals surface area contributed by atoms with E-state index in [1.807, 2.05) is 0 Å². The number of hydrogen-bond acceptors (Lipinski definition) is 7. The predicted molar refractivity (Wildman–Crippen MR) is 93.2 cm³/mol. The molecule has 2 aromatic heterocycles.